The predicted molar refractivity (Wildman–Crippen MR) is 84.3 cm³/mol. The van der Waals surface area contributed by atoms with Crippen molar-refractivity contribution in [2.75, 3.05) is 13.2 Å². The van der Waals surface area contributed by atoms with E-state index < -0.39 is 0 Å². The van der Waals surface area contributed by atoms with E-state index in [2.05, 4.69) is 39.1 Å². The van der Waals surface area contributed by atoms with Crippen LogP contribution in [0.3, 0.4) is 0 Å². The highest BCUT2D eigenvalue weighted by Crippen LogP contribution is 2.18. The van der Waals surface area contributed by atoms with E-state index in [0.717, 1.165) is 31.6 Å². The van der Waals surface area contributed by atoms with Gasteiger partial charge in [-0.15, -0.1) is 0 Å². The van der Waals surface area contributed by atoms with Gasteiger partial charge in [0.05, 0.1) is 13.2 Å². The van der Waals surface area contributed by atoms with Crippen LogP contribution in [0.1, 0.15) is 45.6 Å². The standard InChI is InChI=1S/C17H29NO2/c1-14(2)18-17(4,13-19)11-7-8-12-20-16-10-6-5-9-15(16)3/h5-6,9-10,14,18-19H,7-8,11-13H2,1-4H3. The zero-order valence-electron chi connectivity index (χ0n) is 13.3. The summed E-state index contributed by atoms with van der Waals surface area (Å²) >= 11 is 0. The number of rotatable bonds is 9. The number of aryl methyl sites for hydroxylation is 1. The molecule has 0 radical (unpaired) electrons. The highest BCUT2D eigenvalue weighted by Gasteiger charge is 2.22. The molecular formula is C17H29NO2. The first kappa shape index (κ1) is 17.0. The van der Waals surface area contributed by atoms with Crippen molar-refractivity contribution in [3.8, 4) is 5.75 Å². The van der Waals surface area contributed by atoms with Crippen molar-refractivity contribution >= 4 is 0 Å². The Morgan fingerprint density at radius 2 is 1.95 bits per heavy atom. The number of unbranched alkanes of at least 4 members (excludes halogenated alkanes) is 1. The molecule has 0 saturated heterocycles. The highest BCUT2D eigenvalue weighted by atomic mass is 16.5. The fourth-order valence-corrected chi connectivity index (χ4v) is 2.41. The Labute approximate surface area is 123 Å². The number of para-hydroxylation sites is 1. The van der Waals surface area contributed by atoms with Gasteiger partial charge in [0.2, 0.25) is 0 Å². The van der Waals surface area contributed by atoms with Crippen molar-refractivity contribution in [2.24, 2.45) is 0 Å². The fourth-order valence-electron chi connectivity index (χ4n) is 2.41. The Morgan fingerprint density at radius 1 is 1.25 bits per heavy atom. The topological polar surface area (TPSA) is 41.5 Å². The van der Waals surface area contributed by atoms with Gasteiger partial charge in [-0.3, -0.25) is 0 Å². The van der Waals surface area contributed by atoms with E-state index in [1.54, 1.807) is 0 Å². The average molecular weight is 279 g/mol. The van der Waals surface area contributed by atoms with Gasteiger partial charge in [0.1, 0.15) is 5.75 Å². The van der Waals surface area contributed by atoms with Crippen LogP contribution in [0.4, 0.5) is 0 Å². The normalized spacial score (nSPS) is 14.3. The van der Waals surface area contributed by atoms with Crippen molar-refractivity contribution in [1.82, 2.24) is 5.32 Å². The van der Waals surface area contributed by atoms with Gasteiger partial charge in [0.25, 0.3) is 0 Å². The summed E-state index contributed by atoms with van der Waals surface area (Å²) < 4.78 is 5.78. The number of aliphatic hydroxyl groups is 1. The number of hydrogen-bond donors (Lipinski definition) is 2. The molecule has 0 amide bonds. The number of hydrogen-bond acceptors (Lipinski definition) is 3. The molecule has 0 heterocycles. The lowest BCUT2D eigenvalue weighted by atomic mass is 9.95. The molecule has 1 aromatic rings. The number of ether oxygens (including phenoxy) is 1. The van der Waals surface area contributed by atoms with Gasteiger partial charge in [-0.05, 0) is 44.7 Å². The van der Waals surface area contributed by atoms with Crippen molar-refractivity contribution in [1.29, 1.82) is 0 Å². The second-order valence-corrected chi connectivity index (χ2v) is 6.09. The van der Waals surface area contributed by atoms with Crippen LogP contribution in [-0.4, -0.2) is 29.9 Å². The smallest absolute Gasteiger partial charge is 0.122 e. The van der Waals surface area contributed by atoms with Gasteiger partial charge in [-0.25, -0.2) is 0 Å². The van der Waals surface area contributed by atoms with E-state index in [0.29, 0.717) is 6.04 Å². The summed E-state index contributed by atoms with van der Waals surface area (Å²) in [6, 6.07) is 8.47. The molecule has 0 aliphatic rings. The minimum atomic E-state index is -0.184. The van der Waals surface area contributed by atoms with Gasteiger partial charge < -0.3 is 15.2 Å². The van der Waals surface area contributed by atoms with Crippen molar-refractivity contribution < 1.29 is 9.84 Å². The van der Waals surface area contributed by atoms with Crippen LogP contribution in [0.2, 0.25) is 0 Å². The van der Waals surface area contributed by atoms with Gasteiger partial charge in [0, 0.05) is 11.6 Å². The van der Waals surface area contributed by atoms with Crippen molar-refractivity contribution in [2.45, 2.75) is 58.5 Å². The van der Waals surface area contributed by atoms with Crippen LogP contribution in [-0.2, 0) is 0 Å². The van der Waals surface area contributed by atoms with Crippen LogP contribution in [0.5, 0.6) is 5.75 Å². The van der Waals surface area contributed by atoms with Gasteiger partial charge in [0.15, 0.2) is 0 Å². The Balaban J connectivity index is 2.26. The first-order valence-corrected chi connectivity index (χ1v) is 7.54. The average Bonchev–Trinajstić information content (AvgIpc) is 2.39. The fraction of sp³-hybridized carbons (Fsp3) is 0.647. The van der Waals surface area contributed by atoms with E-state index in [-0.39, 0.29) is 12.1 Å². The zero-order valence-corrected chi connectivity index (χ0v) is 13.3. The summed E-state index contributed by atoms with van der Waals surface area (Å²) in [7, 11) is 0. The quantitative estimate of drug-likeness (QED) is 0.682. The first-order chi connectivity index (χ1) is 9.47. The van der Waals surface area contributed by atoms with E-state index in [1.165, 1.54) is 5.56 Å². The summed E-state index contributed by atoms with van der Waals surface area (Å²) in [6.07, 6.45) is 3.01. The molecule has 114 valence electrons. The lowest BCUT2D eigenvalue weighted by Gasteiger charge is -2.31. The number of benzene rings is 1. The summed E-state index contributed by atoms with van der Waals surface area (Å²) in [5.41, 5.74) is 0.991. The molecule has 1 unspecified atom stereocenters. The molecule has 3 nitrogen and oxygen atoms in total. The van der Waals surface area contributed by atoms with Crippen LogP contribution in [0, 0.1) is 6.92 Å². The predicted octanol–water partition coefficient (Wildman–Crippen LogP) is 3.29. The third-order valence-electron chi connectivity index (χ3n) is 3.46. The highest BCUT2D eigenvalue weighted by molar-refractivity contribution is 5.31. The summed E-state index contributed by atoms with van der Waals surface area (Å²) in [6.45, 7) is 9.25. The monoisotopic (exact) mass is 279 g/mol. The molecule has 1 aromatic carbocycles. The minimum absolute atomic E-state index is 0.170. The summed E-state index contributed by atoms with van der Waals surface area (Å²) in [5.74, 6) is 0.970. The van der Waals surface area contributed by atoms with Crippen LogP contribution in [0.15, 0.2) is 24.3 Å². The Morgan fingerprint density at radius 3 is 2.55 bits per heavy atom. The molecular weight excluding hydrogens is 250 g/mol. The lowest BCUT2D eigenvalue weighted by Crippen LogP contribution is -2.49. The molecule has 0 aliphatic heterocycles. The largest absolute Gasteiger partial charge is 0.493 e. The van der Waals surface area contributed by atoms with E-state index >= 15 is 0 Å². The zero-order chi connectivity index (χ0) is 15.0. The maximum atomic E-state index is 9.51. The molecule has 2 N–H and O–H groups in total. The summed E-state index contributed by atoms with van der Waals surface area (Å²) in [5, 5.41) is 12.9. The Bertz CT molecular complexity index is 392. The third-order valence-corrected chi connectivity index (χ3v) is 3.46. The second kappa shape index (κ2) is 8.28. The maximum Gasteiger partial charge on any atom is 0.122 e. The number of aliphatic hydroxyl groups excluding tert-OH is 1. The van der Waals surface area contributed by atoms with Crippen molar-refractivity contribution in [3.05, 3.63) is 29.8 Å². The molecule has 1 atom stereocenters. The van der Waals surface area contributed by atoms with Crippen LogP contribution in [0.25, 0.3) is 0 Å². The van der Waals surface area contributed by atoms with E-state index in [9.17, 15) is 5.11 Å². The lowest BCUT2D eigenvalue weighted by molar-refractivity contribution is 0.152. The molecule has 0 bridgehead atoms. The third kappa shape index (κ3) is 5.93. The molecule has 0 aromatic heterocycles. The van der Waals surface area contributed by atoms with Gasteiger partial charge in [-0.2, -0.15) is 0 Å². The Kier molecular flexibility index (Phi) is 7.03. The molecule has 1 rings (SSSR count). The molecule has 0 spiro atoms. The Hall–Kier alpha value is -1.06. The molecule has 3 heteroatoms. The minimum Gasteiger partial charge on any atom is -0.493 e. The molecule has 0 aliphatic carbocycles. The molecule has 0 saturated carbocycles. The maximum absolute atomic E-state index is 9.51. The summed E-state index contributed by atoms with van der Waals surface area (Å²) in [4.78, 5) is 0. The second-order valence-electron chi connectivity index (χ2n) is 6.09. The molecule has 20 heavy (non-hydrogen) atoms. The van der Waals surface area contributed by atoms with Crippen LogP contribution < -0.4 is 10.1 Å². The SMILES string of the molecule is Cc1ccccc1OCCCCC(C)(CO)NC(C)C. The van der Waals surface area contributed by atoms with Crippen molar-refractivity contribution in [3.63, 3.8) is 0 Å². The van der Waals surface area contributed by atoms with Gasteiger partial charge in [-0.1, -0.05) is 32.0 Å². The first-order valence-electron chi connectivity index (χ1n) is 7.54. The van der Waals surface area contributed by atoms with Gasteiger partial charge >= 0.3 is 0 Å². The number of nitrogens with one attached hydrogen (secondary N) is 1. The molecule has 0 fully saturated rings. The van der Waals surface area contributed by atoms with Crippen LogP contribution >= 0.6 is 0 Å². The van der Waals surface area contributed by atoms with E-state index in [4.69, 9.17) is 4.74 Å². The van der Waals surface area contributed by atoms with E-state index in [1.807, 2.05) is 18.2 Å².